The molecule has 6 nitrogen and oxygen atoms in total. The van der Waals surface area contributed by atoms with Gasteiger partial charge in [0.25, 0.3) is 0 Å². The van der Waals surface area contributed by atoms with E-state index in [0.29, 0.717) is 0 Å². The third-order valence-corrected chi connectivity index (χ3v) is 6.27. The number of carboxylic acids is 1. The summed E-state index contributed by atoms with van der Waals surface area (Å²) in [6.07, 6.45) is 0.906. The summed E-state index contributed by atoms with van der Waals surface area (Å²) in [5.41, 5.74) is -0.583. The molecule has 0 spiro atoms. The van der Waals surface area contributed by atoms with E-state index in [1.807, 2.05) is 17.5 Å². The van der Waals surface area contributed by atoms with Crippen molar-refractivity contribution in [2.75, 3.05) is 0 Å². The molecule has 126 valence electrons. The maximum absolute atomic E-state index is 12.9. The molecule has 1 aromatic rings. The summed E-state index contributed by atoms with van der Waals surface area (Å²) in [6, 6.07) is 3.15. The van der Waals surface area contributed by atoms with E-state index in [2.05, 4.69) is 5.32 Å². The summed E-state index contributed by atoms with van der Waals surface area (Å²) in [4.78, 5) is 25.0. The summed E-state index contributed by atoms with van der Waals surface area (Å²) in [5, 5.41) is 33.7. The minimum absolute atomic E-state index is 0.0456. The Hall–Kier alpha value is -1.44. The minimum atomic E-state index is -1.35. The van der Waals surface area contributed by atoms with Crippen LogP contribution in [0.5, 0.6) is 0 Å². The molecule has 0 bridgehead atoms. The lowest BCUT2D eigenvalue weighted by Crippen LogP contribution is -2.50. The fraction of sp³-hybridized carbons (Fsp3) is 0.625. The molecule has 2 aliphatic rings. The van der Waals surface area contributed by atoms with Crippen LogP contribution in [-0.2, 0) is 15.0 Å². The molecule has 0 unspecified atom stereocenters. The molecule has 1 aromatic heterocycles. The quantitative estimate of drug-likeness (QED) is 0.651. The van der Waals surface area contributed by atoms with Gasteiger partial charge in [0.2, 0.25) is 5.91 Å². The van der Waals surface area contributed by atoms with E-state index in [4.69, 9.17) is 5.11 Å². The van der Waals surface area contributed by atoms with Crippen molar-refractivity contribution >= 4 is 23.2 Å². The van der Waals surface area contributed by atoms with Crippen molar-refractivity contribution in [3.05, 3.63) is 22.4 Å². The molecule has 0 saturated heterocycles. The maximum atomic E-state index is 12.9. The second-order valence-corrected chi connectivity index (χ2v) is 7.46. The lowest BCUT2D eigenvalue weighted by atomic mass is 9.83. The zero-order chi connectivity index (χ0) is 16.6. The van der Waals surface area contributed by atoms with Crippen LogP contribution in [0.3, 0.4) is 0 Å². The lowest BCUT2D eigenvalue weighted by Gasteiger charge is -2.29. The number of carboxylic acid groups (broad SMARTS) is 1. The standard InChI is InChI=1S/C16H21NO5S/c18-12-9(14(20)21)8-10(13(12)19)17-15(22)16(5-1-2-6-16)11-4-3-7-23-11/h3-4,7,9-10,12-13,18-19H,1-2,5-6,8H2,(H,17,22)(H,20,21)/t9-,10+,12+,13-/m0/s1. The van der Waals surface area contributed by atoms with Crippen molar-refractivity contribution in [1.29, 1.82) is 0 Å². The molecule has 1 heterocycles. The van der Waals surface area contributed by atoms with Gasteiger partial charge in [-0.05, 0) is 30.7 Å². The van der Waals surface area contributed by atoms with Gasteiger partial charge in [-0.25, -0.2) is 0 Å². The molecule has 23 heavy (non-hydrogen) atoms. The lowest BCUT2D eigenvalue weighted by molar-refractivity contribution is -0.145. The first-order chi connectivity index (χ1) is 11.0. The van der Waals surface area contributed by atoms with E-state index in [1.165, 1.54) is 0 Å². The molecule has 4 N–H and O–H groups in total. The van der Waals surface area contributed by atoms with Gasteiger partial charge in [-0.15, -0.1) is 11.3 Å². The third kappa shape index (κ3) is 2.77. The largest absolute Gasteiger partial charge is 0.481 e. The van der Waals surface area contributed by atoms with Gasteiger partial charge in [0.1, 0.15) is 6.10 Å². The molecule has 2 aliphatic carbocycles. The fourth-order valence-electron chi connectivity index (χ4n) is 3.84. The Labute approximate surface area is 138 Å². The van der Waals surface area contributed by atoms with Crippen molar-refractivity contribution in [1.82, 2.24) is 5.32 Å². The van der Waals surface area contributed by atoms with Crippen LogP contribution in [-0.4, -0.2) is 45.4 Å². The number of rotatable bonds is 4. The van der Waals surface area contributed by atoms with E-state index in [9.17, 15) is 19.8 Å². The summed E-state index contributed by atoms with van der Waals surface area (Å²) in [6.45, 7) is 0. The topological polar surface area (TPSA) is 107 Å². The minimum Gasteiger partial charge on any atom is -0.481 e. The fourth-order valence-corrected chi connectivity index (χ4v) is 4.82. The number of thiophene rings is 1. The van der Waals surface area contributed by atoms with Gasteiger partial charge in [-0.3, -0.25) is 9.59 Å². The highest BCUT2D eigenvalue weighted by atomic mass is 32.1. The zero-order valence-corrected chi connectivity index (χ0v) is 13.5. The summed E-state index contributed by atoms with van der Waals surface area (Å²) in [7, 11) is 0. The van der Waals surface area contributed by atoms with Crippen LogP contribution in [0.4, 0.5) is 0 Å². The van der Waals surface area contributed by atoms with Crippen molar-refractivity contribution < 1.29 is 24.9 Å². The van der Waals surface area contributed by atoms with Crippen molar-refractivity contribution in [3.8, 4) is 0 Å². The number of hydrogen-bond donors (Lipinski definition) is 4. The molecule has 0 aromatic carbocycles. The predicted octanol–water partition coefficient (Wildman–Crippen LogP) is 0.871. The first kappa shape index (κ1) is 16.4. The molecule has 7 heteroatoms. The van der Waals surface area contributed by atoms with Crippen LogP contribution in [0.15, 0.2) is 17.5 Å². The van der Waals surface area contributed by atoms with Gasteiger partial charge in [0.15, 0.2) is 0 Å². The van der Waals surface area contributed by atoms with Gasteiger partial charge >= 0.3 is 5.97 Å². The highest BCUT2D eigenvalue weighted by Crippen LogP contribution is 2.43. The van der Waals surface area contributed by atoms with Crippen molar-refractivity contribution in [2.45, 2.75) is 55.8 Å². The predicted molar refractivity (Wildman–Crippen MR) is 84.2 cm³/mol. The number of aliphatic carboxylic acids is 1. The van der Waals surface area contributed by atoms with Gasteiger partial charge in [0, 0.05) is 4.88 Å². The maximum Gasteiger partial charge on any atom is 0.309 e. The molecular weight excluding hydrogens is 318 g/mol. The Morgan fingerprint density at radius 3 is 2.43 bits per heavy atom. The average molecular weight is 339 g/mol. The number of carbonyl (C=O) groups is 2. The Morgan fingerprint density at radius 2 is 1.91 bits per heavy atom. The molecule has 1 amide bonds. The number of amides is 1. The molecular formula is C16H21NO5S. The van der Waals surface area contributed by atoms with Gasteiger partial charge in [0.05, 0.1) is 23.5 Å². The average Bonchev–Trinajstić information content (AvgIpc) is 3.23. The molecule has 4 atom stereocenters. The third-order valence-electron chi connectivity index (χ3n) is 5.20. The van der Waals surface area contributed by atoms with Gasteiger partial charge in [-0.1, -0.05) is 18.9 Å². The summed E-state index contributed by atoms with van der Waals surface area (Å²) < 4.78 is 0. The molecule has 2 saturated carbocycles. The van der Waals surface area contributed by atoms with E-state index >= 15 is 0 Å². The normalized spacial score (nSPS) is 32.8. The highest BCUT2D eigenvalue weighted by molar-refractivity contribution is 7.10. The van der Waals surface area contributed by atoms with Crippen LogP contribution in [0.1, 0.15) is 37.0 Å². The number of aliphatic hydroxyl groups is 2. The van der Waals surface area contributed by atoms with E-state index < -0.39 is 35.6 Å². The molecule has 0 aliphatic heterocycles. The molecule has 3 rings (SSSR count). The molecule has 2 fully saturated rings. The SMILES string of the molecule is O=C(O)[C@H]1C[C@@H](NC(=O)C2(c3cccs3)CCCC2)[C@H](O)[C@@H]1O. The van der Waals surface area contributed by atoms with E-state index in [1.54, 1.807) is 11.3 Å². The van der Waals surface area contributed by atoms with Crippen molar-refractivity contribution in [3.63, 3.8) is 0 Å². The van der Waals surface area contributed by atoms with Crippen LogP contribution in [0, 0.1) is 5.92 Å². The first-order valence-electron chi connectivity index (χ1n) is 7.89. The first-order valence-corrected chi connectivity index (χ1v) is 8.77. The Balaban J connectivity index is 1.77. The van der Waals surface area contributed by atoms with Crippen LogP contribution >= 0.6 is 11.3 Å². The molecule has 0 radical (unpaired) electrons. The monoisotopic (exact) mass is 339 g/mol. The summed E-state index contributed by atoms with van der Waals surface area (Å²) in [5.74, 6) is -2.36. The smallest absolute Gasteiger partial charge is 0.309 e. The second-order valence-electron chi connectivity index (χ2n) is 6.51. The van der Waals surface area contributed by atoms with Gasteiger partial charge < -0.3 is 20.6 Å². The van der Waals surface area contributed by atoms with Crippen LogP contribution in [0.2, 0.25) is 0 Å². The Kier molecular flexibility index (Phi) is 4.44. The zero-order valence-electron chi connectivity index (χ0n) is 12.6. The Bertz CT molecular complexity index is 581. The number of nitrogens with one attached hydrogen (secondary N) is 1. The summed E-state index contributed by atoms with van der Waals surface area (Å²) >= 11 is 1.55. The van der Waals surface area contributed by atoms with Crippen molar-refractivity contribution in [2.24, 2.45) is 5.92 Å². The number of hydrogen-bond acceptors (Lipinski definition) is 5. The van der Waals surface area contributed by atoms with E-state index in [-0.39, 0.29) is 12.3 Å². The van der Waals surface area contributed by atoms with E-state index in [0.717, 1.165) is 30.6 Å². The van der Waals surface area contributed by atoms with Crippen LogP contribution in [0.25, 0.3) is 0 Å². The number of carbonyl (C=O) groups excluding carboxylic acids is 1. The highest BCUT2D eigenvalue weighted by Gasteiger charge is 2.49. The second kappa shape index (κ2) is 6.22. The Morgan fingerprint density at radius 1 is 1.22 bits per heavy atom. The van der Waals surface area contributed by atoms with Gasteiger partial charge in [-0.2, -0.15) is 0 Å². The number of aliphatic hydroxyl groups excluding tert-OH is 2. The van der Waals surface area contributed by atoms with Crippen LogP contribution < -0.4 is 5.32 Å².